The van der Waals surface area contributed by atoms with Crippen molar-refractivity contribution in [3.63, 3.8) is 0 Å². The number of furan rings is 1. The van der Waals surface area contributed by atoms with Crippen LogP contribution >= 0.6 is 0 Å². The number of nitrogens with zero attached hydrogens (tertiary/aromatic N) is 4. The topological polar surface area (TPSA) is 56.7 Å². The Balaban J connectivity index is 1.33. The first kappa shape index (κ1) is 31.7. The predicted molar refractivity (Wildman–Crippen MR) is 230 cm³/mol. The number of hydrogen-bond donors (Lipinski definition) is 0. The Hall–Kier alpha value is -7.63. The minimum atomic E-state index is -0.675. The third kappa shape index (κ3) is 4.42. The molecule has 1 aliphatic rings. The molecule has 0 N–H and O–H groups in total. The fourth-order valence-electron chi connectivity index (χ4n) is 9.46. The molecule has 12 rings (SSSR count). The molecule has 0 bridgehead atoms. The molecule has 0 unspecified atom stereocenters. The molecular weight excluding hydrogens is 697 g/mol. The van der Waals surface area contributed by atoms with Gasteiger partial charge in [0.25, 0.3) is 0 Å². The zero-order chi connectivity index (χ0) is 37.5. The lowest BCUT2D eigenvalue weighted by molar-refractivity contribution is 0.650. The molecule has 0 radical (unpaired) electrons. The van der Waals surface area contributed by atoms with Gasteiger partial charge >= 0.3 is 0 Å². The van der Waals surface area contributed by atoms with E-state index in [1.165, 1.54) is 22.3 Å². The van der Waals surface area contributed by atoms with Crippen LogP contribution < -0.4 is 0 Å². The van der Waals surface area contributed by atoms with Crippen LogP contribution in [-0.2, 0) is 5.41 Å². The third-order valence-electron chi connectivity index (χ3n) is 11.7. The molecule has 0 amide bonds. The lowest BCUT2D eigenvalue weighted by atomic mass is 9.67. The molecule has 266 valence electrons. The average molecular weight is 729 g/mol. The van der Waals surface area contributed by atoms with Crippen molar-refractivity contribution in [3.8, 4) is 39.9 Å². The molecular formula is C52H32N4O. The molecule has 3 aromatic heterocycles. The van der Waals surface area contributed by atoms with Crippen molar-refractivity contribution in [1.82, 2.24) is 19.5 Å². The molecule has 5 nitrogen and oxygen atoms in total. The quantitative estimate of drug-likeness (QED) is 0.177. The smallest absolute Gasteiger partial charge is 0.238 e. The predicted octanol–water partition coefficient (Wildman–Crippen LogP) is 12.6. The fraction of sp³-hybridized carbons (Fsp3) is 0.0192. The minimum Gasteiger partial charge on any atom is -0.456 e. The van der Waals surface area contributed by atoms with Crippen molar-refractivity contribution in [2.75, 3.05) is 0 Å². The molecule has 57 heavy (non-hydrogen) atoms. The van der Waals surface area contributed by atoms with E-state index < -0.39 is 5.41 Å². The summed E-state index contributed by atoms with van der Waals surface area (Å²) in [4.78, 5) is 15.7. The summed E-state index contributed by atoms with van der Waals surface area (Å²) in [5.74, 6) is 1.76. The summed E-state index contributed by atoms with van der Waals surface area (Å²) in [6, 6.07) is 68.2. The van der Waals surface area contributed by atoms with Crippen LogP contribution in [0.3, 0.4) is 0 Å². The van der Waals surface area contributed by atoms with Crippen molar-refractivity contribution in [1.29, 1.82) is 0 Å². The molecule has 8 aromatic carbocycles. The highest BCUT2D eigenvalue weighted by molar-refractivity contribution is 6.31. The summed E-state index contributed by atoms with van der Waals surface area (Å²) in [6.45, 7) is 0. The number of rotatable bonds is 5. The van der Waals surface area contributed by atoms with Gasteiger partial charge in [0.2, 0.25) is 5.95 Å². The lowest BCUT2D eigenvalue weighted by Gasteiger charge is -2.33. The van der Waals surface area contributed by atoms with E-state index in [2.05, 4.69) is 162 Å². The number of benzene rings is 8. The van der Waals surface area contributed by atoms with Crippen LogP contribution in [0.25, 0.3) is 83.6 Å². The molecule has 0 saturated carbocycles. The second-order valence-corrected chi connectivity index (χ2v) is 14.7. The first-order valence-corrected chi connectivity index (χ1v) is 19.3. The summed E-state index contributed by atoms with van der Waals surface area (Å²) in [5.41, 5.74) is 11.9. The Morgan fingerprint density at radius 1 is 0.456 bits per heavy atom. The second-order valence-electron chi connectivity index (χ2n) is 14.7. The fourth-order valence-corrected chi connectivity index (χ4v) is 9.46. The van der Waals surface area contributed by atoms with Gasteiger partial charge < -0.3 is 4.42 Å². The highest BCUT2D eigenvalue weighted by atomic mass is 16.3. The Labute approximate surface area is 328 Å². The summed E-state index contributed by atoms with van der Waals surface area (Å²) in [6.07, 6.45) is 0. The number of aromatic nitrogens is 4. The number of hydrogen-bond acceptors (Lipinski definition) is 4. The summed E-state index contributed by atoms with van der Waals surface area (Å²) < 4.78 is 9.49. The van der Waals surface area contributed by atoms with Crippen LogP contribution in [0, 0.1) is 0 Å². The van der Waals surface area contributed by atoms with Crippen LogP contribution in [0.5, 0.6) is 0 Å². The van der Waals surface area contributed by atoms with Gasteiger partial charge in [-0.2, -0.15) is 9.97 Å². The van der Waals surface area contributed by atoms with Gasteiger partial charge in [-0.3, -0.25) is 4.57 Å². The third-order valence-corrected chi connectivity index (χ3v) is 11.7. The van der Waals surface area contributed by atoms with Crippen molar-refractivity contribution in [3.05, 3.63) is 216 Å². The van der Waals surface area contributed by atoms with Gasteiger partial charge in [-0.25, -0.2) is 4.98 Å². The van der Waals surface area contributed by atoms with Gasteiger partial charge in [0.15, 0.2) is 11.6 Å². The van der Waals surface area contributed by atoms with Crippen LogP contribution in [0.15, 0.2) is 199 Å². The van der Waals surface area contributed by atoms with E-state index in [1.54, 1.807) is 0 Å². The summed E-state index contributed by atoms with van der Waals surface area (Å²) in [7, 11) is 0. The monoisotopic (exact) mass is 728 g/mol. The lowest BCUT2D eigenvalue weighted by Crippen LogP contribution is -2.28. The average Bonchev–Trinajstić information content (AvgIpc) is 3.94. The van der Waals surface area contributed by atoms with E-state index >= 15 is 0 Å². The maximum atomic E-state index is 7.24. The SMILES string of the molecule is c1ccc(-c2nc(-c3ccccc3)nc(-n3c4ccccc4c4c5c(c6oc7ccccc7c6c43)C(c3ccccc3)(c3ccccc3)c3ccccc3-5)n2)cc1. The van der Waals surface area contributed by atoms with E-state index in [4.69, 9.17) is 19.4 Å². The first-order chi connectivity index (χ1) is 28.3. The van der Waals surface area contributed by atoms with Gasteiger partial charge in [0.05, 0.1) is 21.8 Å². The van der Waals surface area contributed by atoms with E-state index in [9.17, 15) is 0 Å². The second kappa shape index (κ2) is 12.2. The van der Waals surface area contributed by atoms with Crippen molar-refractivity contribution in [2.45, 2.75) is 5.41 Å². The van der Waals surface area contributed by atoms with E-state index in [0.717, 1.165) is 66.0 Å². The molecule has 3 heterocycles. The molecule has 0 atom stereocenters. The molecule has 0 aliphatic heterocycles. The van der Waals surface area contributed by atoms with E-state index in [-0.39, 0.29) is 0 Å². The Bertz CT molecular complexity index is 3240. The van der Waals surface area contributed by atoms with Crippen LogP contribution in [-0.4, -0.2) is 19.5 Å². The molecule has 0 spiro atoms. The molecule has 1 aliphatic carbocycles. The zero-order valence-corrected chi connectivity index (χ0v) is 30.7. The van der Waals surface area contributed by atoms with Crippen molar-refractivity contribution in [2.24, 2.45) is 0 Å². The zero-order valence-electron chi connectivity index (χ0n) is 30.7. The minimum absolute atomic E-state index is 0.545. The van der Waals surface area contributed by atoms with Crippen molar-refractivity contribution >= 4 is 43.7 Å². The molecule has 11 aromatic rings. The molecule has 0 saturated heterocycles. The largest absolute Gasteiger partial charge is 0.456 e. The molecule has 5 heteroatoms. The normalized spacial score (nSPS) is 13.1. The summed E-state index contributed by atoms with van der Waals surface area (Å²) >= 11 is 0. The maximum Gasteiger partial charge on any atom is 0.238 e. The highest BCUT2D eigenvalue weighted by Crippen LogP contribution is 2.62. The van der Waals surface area contributed by atoms with Gasteiger partial charge in [-0.05, 0) is 34.4 Å². The van der Waals surface area contributed by atoms with Gasteiger partial charge in [0.1, 0.15) is 11.2 Å². The Kier molecular flexibility index (Phi) is 6.78. The van der Waals surface area contributed by atoms with Gasteiger partial charge in [0, 0.05) is 38.4 Å². The standard InChI is InChI=1S/C52H32N4O/c1-5-19-33(20-6-1)49-53-50(34-21-7-2-8-22-34)55-51(54-49)56-41-31-17-14-28-38(41)44-43-37-27-13-16-30-40(37)52(35-23-9-3-10-24-35,36-25-11-4-12-26-36)46(43)48-45(47(44)56)39-29-15-18-32-42(39)57-48/h1-32H. The number of fused-ring (bicyclic) bond motifs is 12. The van der Waals surface area contributed by atoms with Gasteiger partial charge in [-0.15, -0.1) is 0 Å². The Morgan fingerprint density at radius 2 is 0.982 bits per heavy atom. The maximum absolute atomic E-state index is 7.24. The number of para-hydroxylation sites is 2. The first-order valence-electron chi connectivity index (χ1n) is 19.3. The van der Waals surface area contributed by atoms with Crippen LogP contribution in [0.1, 0.15) is 22.3 Å². The van der Waals surface area contributed by atoms with E-state index in [1.807, 2.05) is 36.4 Å². The Morgan fingerprint density at radius 3 is 1.63 bits per heavy atom. The van der Waals surface area contributed by atoms with Gasteiger partial charge in [-0.1, -0.05) is 182 Å². The summed E-state index contributed by atoms with van der Waals surface area (Å²) in [5, 5.41) is 4.33. The van der Waals surface area contributed by atoms with Crippen LogP contribution in [0.4, 0.5) is 0 Å². The van der Waals surface area contributed by atoms with E-state index in [0.29, 0.717) is 17.6 Å². The van der Waals surface area contributed by atoms with Crippen LogP contribution in [0.2, 0.25) is 0 Å². The molecule has 0 fully saturated rings. The van der Waals surface area contributed by atoms with Crippen molar-refractivity contribution < 1.29 is 4.42 Å². The highest BCUT2D eigenvalue weighted by Gasteiger charge is 2.50.